The molecule has 4 heteroatoms. The minimum Gasteiger partial charge on any atom is -0.338 e. The second-order valence-electron chi connectivity index (χ2n) is 4.94. The second-order valence-corrected chi connectivity index (χ2v) is 5.95. The predicted octanol–water partition coefficient (Wildman–Crippen LogP) is 4.65. The molecule has 0 saturated heterocycles. The molecule has 0 unspecified atom stereocenters. The van der Waals surface area contributed by atoms with Crippen molar-refractivity contribution in [3.05, 3.63) is 65.5 Å². The van der Waals surface area contributed by atoms with Gasteiger partial charge in [-0.05, 0) is 25.5 Å². The predicted molar refractivity (Wildman–Crippen MR) is 85.2 cm³/mol. The lowest BCUT2D eigenvalue weighted by Gasteiger charge is -2.04. The van der Waals surface area contributed by atoms with Crippen molar-refractivity contribution in [3.8, 4) is 11.4 Å². The molecule has 0 spiro atoms. The van der Waals surface area contributed by atoms with Gasteiger partial charge >= 0.3 is 0 Å². The zero-order valence-electron chi connectivity index (χ0n) is 12.0. The van der Waals surface area contributed by atoms with Crippen molar-refractivity contribution in [3.63, 3.8) is 0 Å². The van der Waals surface area contributed by atoms with Crippen molar-refractivity contribution >= 4 is 11.8 Å². The molecule has 1 heterocycles. The largest absolute Gasteiger partial charge is 0.338 e. The van der Waals surface area contributed by atoms with Crippen LogP contribution in [0, 0.1) is 13.8 Å². The van der Waals surface area contributed by atoms with Crippen LogP contribution in [0.3, 0.4) is 0 Å². The van der Waals surface area contributed by atoms with E-state index in [1.54, 1.807) is 11.8 Å². The van der Waals surface area contributed by atoms with Crippen LogP contribution in [0.15, 0.2) is 57.9 Å². The summed E-state index contributed by atoms with van der Waals surface area (Å²) in [4.78, 5) is 5.71. The number of nitrogens with zero attached hydrogens (tertiary/aromatic N) is 2. The van der Waals surface area contributed by atoms with Crippen molar-refractivity contribution in [1.82, 2.24) is 10.1 Å². The molecule has 0 aliphatic carbocycles. The van der Waals surface area contributed by atoms with E-state index in [0.29, 0.717) is 17.5 Å². The minimum absolute atomic E-state index is 0.646. The molecule has 3 aromatic rings. The molecular weight excluding hydrogens is 280 g/mol. The van der Waals surface area contributed by atoms with E-state index >= 15 is 0 Å². The summed E-state index contributed by atoms with van der Waals surface area (Å²) in [6.45, 7) is 4.22. The van der Waals surface area contributed by atoms with E-state index in [0.717, 1.165) is 5.56 Å². The Hall–Kier alpha value is -2.07. The fourth-order valence-corrected chi connectivity index (χ4v) is 2.98. The maximum Gasteiger partial charge on any atom is 0.237 e. The van der Waals surface area contributed by atoms with Crippen LogP contribution in [0.5, 0.6) is 0 Å². The normalized spacial score (nSPS) is 10.8. The highest BCUT2D eigenvalue weighted by Gasteiger charge is 2.09. The summed E-state index contributed by atoms with van der Waals surface area (Å²) in [6.07, 6.45) is 0. The van der Waals surface area contributed by atoms with Gasteiger partial charge in [0.2, 0.25) is 11.7 Å². The van der Waals surface area contributed by atoms with E-state index in [1.807, 2.05) is 30.3 Å². The zero-order valence-corrected chi connectivity index (χ0v) is 12.9. The summed E-state index contributed by atoms with van der Waals surface area (Å²) in [5, 5.41) is 4.04. The summed E-state index contributed by atoms with van der Waals surface area (Å²) in [5.74, 6) is 1.98. The van der Waals surface area contributed by atoms with Gasteiger partial charge in [0.1, 0.15) is 0 Å². The first-order valence-electron chi connectivity index (χ1n) is 6.80. The van der Waals surface area contributed by atoms with Crippen LogP contribution in [-0.2, 0) is 5.75 Å². The molecule has 3 rings (SSSR count). The molecule has 3 nitrogen and oxygen atoms in total. The molecule has 0 saturated carbocycles. The zero-order chi connectivity index (χ0) is 14.7. The van der Waals surface area contributed by atoms with E-state index in [2.05, 4.69) is 42.2 Å². The quantitative estimate of drug-likeness (QED) is 0.657. The first kappa shape index (κ1) is 13.9. The summed E-state index contributed by atoms with van der Waals surface area (Å²) in [7, 11) is 0. The third kappa shape index (κ3) is 3.34. The number of rotatable bonds is 4. The number of hydrogen-bond acceptors (Lipinski definition) is 4. The number of hydrogen-bond donors (Lipinski definition) is 0. The van der Waals surface area contributed by atoms with Gasteiger partial charge in [0, 0.05) is 10.5 Å². The van der Waals surface area contributed by atoms with Crippen LogP contribution in [-0.4, -0.2) is 10.1 Å². The van der Waals surface area contributed by atoms with Crippen molar-refractivity contribution in [2.75, 3.05) is 0 Å². The Morgan fingerprint density at radius 2 is 1.86 bits per heavy atom. The van der Waals surface area contributed by atoms with E-state index in [9.17, 15) is 0 Å². The Bertz CT molecular complexity index is 738. The SMILES string of the molecule is Cc1ccc(C)c(SCc2nc(-c3ccccc3)no2)c1. The second kappa shape index (κ2) is 6.14. The molecule has 0 fully saturated rings. The van der Waals surface area contributed by atoms with Crippen LogP contribution >= 0.6 is 11.8 Å². The topological polar surface area (TPSA) is 38.9 Å². The Morgan fingerprint density at radius 3 is 2.67 bits per heavy atom. The maximum atomic E-state index is 5.33. The fourth-order valence-electron chi connectivity index (χ4n) is 2.02. The molecule has 0 amide bonds. The van der Waals surface area contributed by atoms with E-state index in [4.69, 9.17) is 4.52 Å². The Kier molecular flexibility index (Phi) is 4.06. The summed E-state index contributed by atoms with van der Waals surface area (Å²) in [5.41, 5.74) is 3.51. The number of thioether (sulfide) groups is 1. The van der Waals surface area contributed by atoms with Gasteiger partial charge in [-0.3, -0.25) is 0 Å². The highest BCUT2D eigenvalue weighted by atomic mass is 32.2. The number of aryl methyl sites for hydroxylation is 2. The lowest BCUT2D eigenvalue weighted by Crippen LogP contribution is -1.85. The van der Waals surface area contributed by atoms with Gasteiger partial charge in [0.05, 0.1) is 5.75 Å². The van der Waals surface area contributed by atoms with Gasteiger partial charge in [-0.25, -0.2) is 0 Å². The third-order valence-corrected chi connectivity index (χ3v) is 4.34. The number of benzene rings is 2. The van der Waals surface area contributed by atoms with Gasteiger partial charge in [-0.1, -0.05) is 53.2 Å². The molecular formula is C17H16N2OS. The van der Waals surface area contributed by atoms with Gasteiger partial charge < -0.3 is 4.52 Å². The molecule has 106 valence electrons. The lowest BCUT2D eigenvalue weighted by molar-refractivity contribution is 0.391. The Balaban J connectivity index is 1.72. The molecule has 21 heavy (non-hydrogen) atoms. The molecule has 0 aliphatic rings. The summed E-state index contributed by atoms with van der Waals surface area (Å²) in [6, 6.07) is 16.3. The van der Waals surface area contributed by atoms with E-state index in [-0.39, 0.29) is 0 Å². The first-order chi connectivity index (χ1) is 10.2. The number of aromatic nitrogens is 2. The first-order valence-corrected chi connectivity index (χ1v) is 7.79. The van der Waals surface area contributed by atoms with Gasteiger partial charge in [-0.2, -0.15) is 4.98 Å². The maximum absolute atomic E-state index is 5.33. The monoisotopic (exact) mass is 296 g/mol. The third-order valence-electron chi connectivity index (χ3n) is 3.19. The molecule has 1 aromatic heterocycles. The van der Waals surface area contributed by atoms with Crippen LogP contribution in [0.25, 0.3) is 11.4 Å². The van der Waals surface area contributed by atoms with Crippen molar-refractivity contribution in [1.29, 1.82) is 0 Å². The molecule has 0 aliphatic heterocycles. The smallest absolute Gasteiger partial charge is 0.237 e. The highest BCUT2D eigenvalue weighted by molar-refractivity contribution is 7.98. The van der Waals surface area contributed by atoms with Crippen LogP contribution in [0.4, 0.5) is 0 Å². The lowest BCUT2D eigenvalue weighted by atomic mass is 10.2. The summed E-state index contributed by atoms with van der Waals surface area (Å²) >= 11 is 1.73. The highest BCUT2D eigenvalue weighted by Crippen LogP contribution is 2.27. The van der Waals surface area contributed by atoms with E-state index < -0.39 is 0 Å². The molecule has 2 aromatic carbocycles. The van der Waals surface area contributed by atoms with Crippen LogP contribution in [0.1, 0.15) is 17.0 Å². The molecule has 0 radical (unpaired) electrons. The average molecular weight is 296 g/mol. The standard InChI is InChI=1S/C17H16N2OS/c1-12-8-9-13(2)15(10-12)21-11-16-18-17(19-20-16)14-6-4-3-5-7-14/h3-10H,11H2,1-2H3. The molecule has 0 atom stereocenters. The van der Waals surface area contributed by atoms with Gasteiger partial charge in [-0.15, -0.1) is 11.8 Å². The Labute approximate surface area is 128 Å². The molecule has 0 bridgehead atoms. The minimum atomic E-state index is 0.646. The van der Waals surface area contributed by atoms with Gasteiger partial charge in [0.15, 0.2) is 0 Å². The average Bonchev–Trinajstić information content (AvgIpc) is 2.98. The Morgan fingerprint density at radius 1 is 1.05 bits per heavy atom. The van der Waals surface area contributed by atoms with Crippen LogP contribution < -0.4 is 0 Å². The van der Waals surface area contributed by atoms with Crippen LogP contribution in [0.2, 0.25) is 0 Å². The fraction of sp³-hybridized carbons (Fsp3) is 0.176. The van der Waals surface area contributed by atoms with Crippen molar-refractivity contribution in [2.24, 2.45) is 0 Å². The van der Waals surface area contributed by atoms with Gasteiger partial charge in [0.25, 0.3) is 0 Å². The molecule has 0 N–H and O–H groups in total. The summed E-state index contributed by atoms with van der Waals surface area (Å²) < 4.78 is 5.33. The van der Waals surface area contributed by atoms with E-state index in [1.165, 1.54) is 16.0 Å². The van der Waals surface area contributed by atoms with Crippen molar-refractivity contribution in [2.45, 2.75) is 24.5 Å². The van der Waals surface area contributed by atoms with Crippen molar-refractivity contribution < 1.29 is 4.52 Å².